The highest BCUT2D eigenvalue weighted by atomic mass is 32.2. The number of para-hydroxylation sites is 1. The van der Waals surface area contributed by atoms with Gasteiger partial charge in [-0.25, -0.2) is 8.42 Å². The number of nitrogens with one attached hydrogen (secondary N) is 1. The fourth-order valence-corrected chi connectivity index (χ4v) is 4.13. The number of carbonyl (C=O) groups excluding carboxylic acids is 1. The van der Waals surface area contributed by atoms with Crippen LogP contribution in [0.3, 0.4) is 0 Å². The molecule has 3 rings (SSSR count). The van der Waals surface area contributed by atoms with Crippen LogP contribution in [0.4, 0.5) is 5.69 Å². The van der Waals surface area contributed by atoms with Gasteiger partial charge in [0.1, 0.15) is 11.4 Å². The topological polar surface area (TPSA) is 98.5 Å². The SMILES string of the molecule is COc1ccc(C(=O)c2ccccc2NS(=O)(=O)c2c(C)noc2C)cc1. The first-order chi connectivity index (χ1) is 12.8. The summed E-state index contributed by atoms with van der Waals surface area (Å²) in [6.07, 6.45) is 0. The van der Waals surface area contributed by atoms with Crippen molar-refractivity contribution in [2.75, 3.05) is 11.8 Å². The highest BCUT2D eigenvalue weighted by Crippen LogP contribution is 2.26. The number of hydrogen-bond acceptors (Lipinski definition) is 6. The zero-order valence-corrected chi connectivity index (χ0v) is 15.8. The largest absolute Gasteiger partial charge is 0.497 e. The molecule has 8 heteroatoms. The number of benzene rings is 2. The standard InChI is InChI=1S/C19H18N2O5S/c1-12-19(13(2)26-20-12)27(23,24)21-17-7-5-4-6-16(17)18(22)14-8-10-15(25-3)11-9-14/h4-11,21H,1-3H3. The summed E-state index contributed by atoms with van der Waals surface area (Å²) in [4.78, 5) is 12.8. The molecule has 0 saturated heterocycles. The zero-order valence-electron chi connectivity index (χ0n) is 15.0. The Labute approximate surface area is 157 Å². The monoisotopic (exact) mass is 386 g/mol. The molecule has 0 aliphatic heterocycles. The molecule has 0 bridgehead atoms. The number of hydrogen-bond donors (Lipinski definition) is 1. The Morgan fingerprint density at radius 1 is 1.07 bits per heavy atom. The lowest BCUT2D eigenvalue weighted by Crippen LogP contribution is -2.17. The van der Waals surface area contributed by atoms with Crippen molar-refractivity contribution in [3.05, 3.63) is 71.1 Å². The molecule has 0 aliphatic rings. The maximum Gasteiger partial charge on any atom is 0.267 e. The molecular formula is C19H18N2O5S. The summed E-state index contributed by atoms with van der Waals surface area (Å²) in [7, 11) is -2.42. The van der Waals surface area contributed by atoms with Gasteiger partial charge in [-0.2, -0.15) is 0 Å². The Bertz CT molecular complexity index is 1070. The van der Waals surface area contributed by atoms with Gasteiger partial charge >= 0.3 is 0 Å². The van der Waals surface area contributed by atoms with Crippen molar-refractivity contribution in [1.82, 2.24) is 5.16 Å². The molecule has 0 radical (unpaired) electrons. The van der Waals surface area contributed by atoms with E-state index < -0.39 is 10.0 Å². The van der Waals surface area contributed by atoms with Gasteiger partial charge in [0.15, 0.2) is 16.4 Å². The van der Waals surface area contributed by atoms with Gasteiger partial charge in [-0.05, 0) is 50.2 Å². The van der Waals surface area contributed by atoms with E-state index in [1.54, 1.807) is 49.4 Å². The van der Waals surface area contributed by atoms with Gasteiger partial charge in [-0.15, -0.1) is 0 Å². The van der Waals surface area contributed by atoms with E-state index in [0.29, 0.717) is 11.3 Å². The van der Waals surface area contributed by atoms with Crippen molar-refractivity contribution in [1.29, 1.82) is 0 Å². The van der Waals surface area contributed by atoms with Crippen molar-refractivity contribution in [3.8, 4) is 5.75 Å². The minimum absolute atomic E-state index is 0.0331. The molecule has 0 spiro atoms. The Morgan fingerprint density at radius 2 is 1.74 bits per heavy atom. The lowest BCUT2D eigenvalue weighted by Gasteiger charge is -2.12. The Hall–Kier alpha value is -3.13. The van der Waals surface area contributed by atoms with Crippen LogP contribution in [0, 0.1) is 13.8 Å². The number of carbonyl (C=O) groups is 1. The zero-order chi connectivity index (χ0) is 19.6. The van der Waals surface area contributed by atoms with E-state index in [4.69, 9.17) is 9.26 Å². The van der Waals surface area contributed by atoms with Crippen LogP contribution in [-0.4, -0.2) is 26.5 Å². The van der Waals surface area contributed by atoms with Crippen LogP contribution in [0.15, 0.2) is 57.9 Å². The molecular weight excluding hydrogens is 368 g/mol. The van der Waals surface area contributed by atoms with E-state index in [-0.39, 0.29) is 33.4 Å². The van der Waals surface area contributed by atoms with Gasteiger partial charge < -0.3 is 9.26 Å². The van der Waals surface area contributed by atoms with Crippen LogP contribution in [0.2, 0.25) is 0 Å². The minimum atomic E-state index is -3.96. The lowest BCUT2D eigenvalue weighted by molar-refractivity contribution is 0.103. The summed E-state index contributed by atoms with van der Waals surface area (Å²) in [6, 6.07) is 13.0. The second kappa shape index (κ2) is 7.24. The Balaban J connectivity index is 1.98. The number of anilines is 1. The van der Waals surface area contributed by atoms with E-state index in [2.05, 4.69) is 9.88 Å². The lowest BCUT2D eigenvalue weighted by atomic mass is 10.0. The summed E-state index contributed by atoms with van der Waals surface area (Å²) in [5.41, 5.74) is 1.08. The number of ketones is 1. The first kappa shape index (κ1) is 18.7. The van der Waals surface area contributed by atoms with Crippen molar-refractivity contribution in [2.24, 2.45) is 0 Å². The predicted octanol–water partition coefficient (Wildman–Crippen LogP) is 3.33. The van der Waals surface area contributed by atoms with E-state index in [9.17, 15) is 13.2 Å². The fourth-order valence-electron chi connectivity index (χ4n) is 2.72. The van der Waals surface area contributed by atoms with Crippen LogP contribution in [-0.2, 0) is 10.0 Å². The third-order valence-corrected chi connectivity index (χ3v) is 5.61. The molecule has 1 aromatic heterocycles. The quantitative estimate of drug-likeness (QED) is 0.653. The average molecular weight is 386 g/mol. The van der Waals surface area contributed by atoms with Gasteiger partial charge in [0.2, 0.25) is 0 Å². The number of rotatable bonds is 6. The molecule has 27 heavy (non-hydrogen) atoms. The molecule has 0 aliphatic carbocycles. The molecule has 0 atom stereocenters. The van der Waals surface area contributed by atoms with Gasteiger partial charge in [0, 0.05) is 11.1 Å². The molecule has 0 amide bonds. The van der Waals surface area contributed by atoms with Crippen LogP contribution in [0.25, 0.3) is 0 Å². The molecule has 0 unspecified atom stereocenters. The van der Waals surface area contributed by atoms with Gasteiger partial charge in [0.05, 0.1) is 12.8 Å². The van der Waals surface area contributed by atoms with E-state index in [1.165, 1.54) is 20.1 Å². The fraction of sp³-hybridized carbons (Fsp3) is 0.158. The number of methoxy groups -OCH3 is 1. The number of aryl methyl sites for hydroxylation is 2. The summed E-state index contributed by atoms with van der Waals surface area (Å²) in [5.74, 6) is 0.493. The van der Waals surface area contributed by atoms with Gasteiger partial charge in [-0.3, -0.25) is 9.52 Å². The van der Waals surface area contributed by atoms with E-state index in [1.807, 2.05) is 0 Å². The van der Waals surface area contributed by atoms with Crippen LogP contribution < -0.4 is 9.46 Å². The number of ether oxygens (including phenoxy) is 1. The smallest absolute Gasteiger partial charge is 0.267 e. The van der Waals surface area contributed by atoms with Gasteiger partial charge in [0.25, 0.3) is 10.0 Å². The molecule has 1 N–H and O–H groups in total. The highest BCUT2D eigenvalue weighted by Gasteiger charge is 2.26. The summed E-state index contributed by atoms with van der Waals surface area (Å²) >= 11 is 0. The number of aromatic nitrogens is 1. The molecule has 7 nitrogen and oxygen atoms in total. The second-order valence-corrected chi connectivity index (χ2v) is 7.48. The molecule has 2 aromatic carbocycles. The third-order valence-electron chi connectivity index (χ3n) is 4.00. The Kier molecular flexibility index (Phi) is 5.00. The van der Waals surface area contributed by atoms with Crippen molar-refractivity contribution in [3.63, 3.8) is 0 Å². The summed E-state index contributed by atoms with van der Waals surface area (Å²) in [6.45, 7) is 3.06. The summed E-state index contributed by atoms with van der Waals surface area (Å²) in [5, 5.41) is 3.67. The predicted molar refractivity (Wildman–Crippen MR) is 99.7 cm³/mol. The van der Waals surface area contributed by atoms with Crippen molar-refractivity contribution >= 4 is 21.5 Å². The molecule has 0 saturated carbocycles. The van der Waals surface area contributed by atoms with Crippen LogP contribution in [0.1, 0.15) is 27.4 Å². The molecule has 140 valence electrons. The van der Waals surface area contributed by atoms with Crippen LogP contribution in [0.5, 0.6) is 5.75 Å². The third kappa shape index (κ3) is 3.70. The second-order valence-electron chi connectivity index (χ2n) is 5.86. The summed E-state index contributed by atoms with van der Waals surface area (Å²) < 4.78 is 38.0. The maximum atomic E-state index is 12.9. The van der Waals surface area contributed by atoms with Gasteiger partial charge in [-0.1, -0.05) is 17.3 Å². The van der Waals surface area contributed by atoms with Crippen LogP contribution >= 0.6 is 0 Å². The molecule has 3 aromatic rings. The van der Waals surface area contributed by atoms with E-state index in [0.717, 1.165) is 0 Å². The maximum absolute atomic E-state index is 12.9. The molecule has 1 heterocycles. The van der Waals surface area contributed by atoms with Crippen molar-refractivity contribution in [2.45, 2.75) is 18.7 Å². The average Bonchev–Trinajstić information content (AvgIpc) is 3.00. The number of nitrogens with zero attached hydrogens (tertiary/aromatic N) is 1. The number of sulfonamides is 1. The first-order valence-corrected chi connectivity index (χ1v) is 9.55. The molecule has 0 fully saturated rings. The minimum Gasteiger partial charge on any atom is -0.497 e. The normalized spacial score (nSPS) is 11.2. The first-order valence-electron chi connectivity index (χ1n) is 8.07. The van der Waals surface area contributed by atoms with Crippen molar-refractivity contribution < 1.29 is 22.5 Å². The highest BCUT2D eigenvalue weighted by molar-refractivity contribution is 7.92. The van der Waals surface area contributed by atoms with E-state index >= 15 is 0 Å². The Morgan fingerprint density at radius 3 is 2.33 bits per heavy atom.